The number of aryl methyl sites for hydroxylation is 1. The third-order valence-corrected chi connectivity index (χ3v) is 7.48. The molecule has 0 atom stereocenters. The third-order valence-electron chi connectivity index (χ3n) is 7.48. The van der Waals surface area contributed by atoms with Crippen molar-refractivity contribution < 1.29 is 0 Å². The van der Waals surface area contributed by atoms with Crippen LogP contribution in [-0.4, -0.2) is 50.7 Å². The molecule has 0 bridgehead atoms. The van der Waals surface area contributed by atoms with Gasteiger partial charge in [0.25, 0.3) is 5.56 Å². The van der Waals surface area contributed by atoms with Crippen LogP contribution in [0.25, 0.3) is 11.0 Å². The van der Waals surface area contributed by atoms with Crippen LogP contribution < -0.4 is 26.8 Å². The van der Waals surface area contributed by atoms with E-state index in [0.717, 1.165) is 68.5 Å². The van der Waals surface area contributed by atoms with Crippen molar-refractivity contribution in [2.75, 3.05) is 42.1 Å². The van der Waals surface area contributed by atoms with Crippen molar-refractivity contribution in [3.05, 3.63) is 69.9 Å². The van der Waals surface area contributed by atoms with Crippen molar-refractivity contribution in [2.24, 2.45) is 0 Å². The number of anilines is 4. The van der Waals surface area contributed by atoms with Gasteiger partial charge in [0, 0.05) is 55.6 Å². The van der Waals surface area contributed by atoms with Gasteiger partial charge in [-0.15, -0.1) is 0 Å². The summed E-state index contributed by atoms with van der Waals surface area (Å²) < 4.78 is 1.83. The summed E-state index contributed by atoms with van der Waals surface area (Å²) in [6.45, 7) is 5.77. The van der Waals surface area contributed by atoms with E-state index in [1.807, 2.05) is 23.8 Å². The van der Waals surface area contributed by atoms with Gasteiger partial charge < -0.3 is 21.3 Å². The number of hydrogen-bond donors (Lipinski definition) is 3. The molecular weight excluding hydrogens is 490 g/mol. The molecule has 10 heteroatoms. The van der Waals surface area contributed by atoms with Gasteiger partial charge in [-0.05, 0) is 49.6 Å². The zero-order valence-corrected chi connectivity index (χ0v) is 21.9. The number of nitrogens with two attached hydrogens (primary N) is 1. The van der Waals surface area contributed by atoms with Crippen molar-refractivity contribution in [1.29, 1.82) is 0 Å². The summed E-state index contributed by atoms with van der Waals surface area (Å²) in [5.41, 5.74) is 9.33. The SMILES string of the molecule is Cc1c(C#Cc2ccnc(N)c2)c(=O)n(C2CCCC2)c2nc(Nc3ccc(N4CCNCC4)cn3)ncc12. The molecule has 0 unspecified atom stereocenters. The highest BCUT2D eigenvalue weighted by molar-refractivity contribution is 5.82. The number of nitrogen functional groups attached to an aromatic ring is 1. The van der Waals surface area contributed by atoms with E-state index in [9.17, 15) is 4.79 Å². The van der Waals surface area contributed by atoms with Crippen LogP contribution in [0.3, 0.4) is 0 Å². The molecule has 4 aromatic heterocycles. The number of pyridine rings is 3. The van der Waals surface area contributed by atoms with E-state index in [2.05, 4.69) is 48.4 Å². The molecule has 5 heterocycles. The Bertz CT molecular complexity index is 1620. The van der Waals surface area contributed by atoms with Crippen molar-refractivity contribution in [3.63, 3.8) is 0 Å². The van der Waals surface area contributed by atoms with E-state index in [4.69, 9.17) is 10.7 Å². The lowest BCUT2D eigenvalue weighted by molar-refractivity contribution is 0.515. The van der Waals surface area contributed by atoms with Crippen molar-refractivity contribution in [2.45, 2.75) is 38.6 Å². The minimum Gasteiger partial charge on any atom is -0.384 e. The molecule has 4 N–H and O–H groups in total. The number of aromatic nitrogens is 5. The molecule has 1 aliphatic carbocycles. The Balaban J connectivity index is 1.37. The van der Waals surface area contributed by atoms with Crippen molar-refractivity contribution in [3.8, 4) is 11.8 Å². The first-order valence-electron chi connectivity index (χ1n) is 13.4. The zero-order chi connectivity index (χ0) is 26.8. The van der Waals surface area contributed by atoms with Crippen LogP contribution in [0.4, 0.5) is 23.3 Å². The first-order chi connectivity index (χ1) is 19.1. The highest BCUT2D eigenvalue weighted by Gasteiger charge is 2.24. The van der Waals surface area contributed by atoms with Gasteiger partial charge in [-0.2, -0.15) is 4.98 Å². The molecule has 6 rings (SSSR count). The quantitative estimate of drug-likeness (QED) is 0.347. The average molecular weight is 522 g/mol. The lowest BCUT2D eigenvalue weighted by Gasteiger charge is -2.29. The lowest BCUT2D eigenvalue weighted by atomic mass is 10.1. The summed E-state index contributed by atoms with van der Waals surface area (Å²) in [6, 6.07) is 7.55. The minimum absolute atomic E-state index is 0.0805. The Kier molecular flexibility index (Phi) is 6.82. The van der Waals surface area contributed by atoms with Gasteiger partial charge in [0.05, 0.1) is 17.4 Å². The van der Waals surface area contributed by atoms with E-state index in [0.29, 0.717) is 34.4 Å². The normalized spacial score (nSPS) is 15.8. The maximum atomic E-state index is 13.9. The predicted octanol–water partition coefficient (Wildman–Crippen LogP) is 3.14. The molecular formula is C29H31N9O. The van der Waals surface area contributed by atoms with Crippen LogP contribution >= 0.6 is 0 Å². The van der Waals surface area contributed by atoms with Crippen molar-refractivity contribution in [1.82, 2.24) is 29.8 Å². The standard InChI is InChI=1S/C29H31N9O/c1-19-23(8-6-20-10-11-32-25(30)16-20)28(39)38(21-4-2-3-5-21)27-24(19)18-34-29(36-27)35-26-9-7-22(17-33-26)37-14-12-31-13-15-37/h7,9-11,16-18,21,31H,2-5,12-15H2,1H3,(H2,30,32)(H,33,34,35,36). The summed E-state index contributed by atoms with van der Waals surface area (Å²) in [4.78, 5) is 34.2. The number of nitrogens with one attached hydrogen (secondary N) is 2. The number of hydrogen-bond acceptors (Lipinski definition) is 9. The molecule has 10 nitrogen and oxygen atoms in total. The topological polar surface area (TPSA) is 127 Å². The van der Waals surface area contributed by atoms with E-state index in [1.54, 1.807) is 24.5 Å². The third kappa shape index (κ3) is 5.13. The maximum Gasteiger partial charge on any atom is 0.268 e. The monoisotopic (exact) mass is 521 g/mol. The summed E-state index contributed by atoms with van der Waals surface area (Å²) >= 11 is 0. The van der Waals surface area contributed by atoms with Gasteiger partial charge in [0.15, 0.2) is 0 Å². The van der Waals surface area contributed by atoms with Crippen LogP contribution in [-0.2, 0) is 0 Å². The molecule has 0 amide bonds. The smallest absolute Gasteiger partial charge is 0.268 e. The highest BCUT2D eigenvalue weighted by Crippen LogP contribution is 2.32. The van der Waals surface area contributed by atoms with Gasteiger partial charge in [0.1, 0.15) is 17.3 Å². The van der Waals surface area contributed by atoms with Gasteiger partial charge in [-0.1, -0.05) is 24.7 Å². The highest BCUT2D eigenvalue weighted by atomic mass is 16.1. The minimum atomic E-state index is -0.121. The molecule has 2 fully saturated rings. The molecule has 0 spiro atoms. The van der Waals surface area contributed by atoms with Gasteiger partial charge >= 0.3 is 0 Å². The average Bonchev–Trinajstić information content (AvgIpc) is 3.48. The molecule has 39 heavy (non-hydrogen) atoms. The fourth-order valence-electron chi connectivity index (χ4n) is 5.39. The number of rotatable bonds is 4. The fourth-order valence-corrected chi connectivity index (χ4v) is 5.39. The number of nitrogens with zero attached hydrogens (tertiary/aromatic N) is 6. The van der Waals surface area contributed by atoms with Gasteiger partial charge in [-0.3, -0.25) is 9.36 Å². The Hall–Kier alpha value is -4.49. The Morgan fingerprint density at radius 3 is 2.62 bits per heavy atom. The summed E-state index contributed by atoms with van der Waals surface area (Å²) in [7, 11) is 0. The van der Waals surface area contributed by atoms with Crippen LogP contribution in [0.15, 0.2) is 47.7 Å². The second-order valence-electron chi connectivity index (χ2n) is 10.0. The van der Waals surface area contributed by atoms with Gasteiger partial charge in [0.2, 0.25) is 5.95 Å². The summed E-state index contributed by atoms with van der Waals surface area (Å²) in [5.74, 6) is 7.64. The molecule has 4 aromatic rings. The Labute approximate surface area is 226 Å². The molecule has 198 valence electrons. The largest absolute Gasteiger partial charge is 0.384 e. The second-order valence-corrected chi connectivity index (χ2v) is 10.0. The molecule has 1 aliphatic heterocycles. The van der Waals surface area contributed by atoms with Crippen LogP contribution in [0.2, 0.25) is 0 Å². The lowest BCUT2D eigenvalue weighted by Crippen LogP contribution is -2.43. The first-order valence-corrected chi connectivity index (χ1v) is 13.4. The van der Waals surface area contributed by atoms with Crippen LogP contribution in [0.5, 0.6) is 0 Å². The molecule has 0 aromatic carbocycles. The molecule has 0 radical (unpaired) electrons. The van der Waals surface area contributed by atoms with Gasteiger partial charge in [-0.25, -0.2) is 15.0 Å². The number of piperazine rings is 1. The summed E-state index contributed by atoms with van der Waals surface area (Å²) in [6.07, 6.45) is 9.30. The molecule has 1 saturated heterocycles. The van der Waals surface area contributed by atoms with Crippen molar-refractivity contribution >= 4 is 34.3 Å². The van der Waals surface area contributed by atoms with E-state index < -0.39 is 0 Å². The summed E-state index contributed by atoms with van der Waals surface area (Å²) in [5, 5.41) is 7.40. The van der Waals surface area contributed by atoms with E-state index in [-0.39, 0.29) is 11.6 Å². The fraction of sp³-hybridized carbons (Fsp3) is 0.345. The van der Waals surface area contributed by atoms with E-state index >= 15 is 0 Å². The van der Waals surface area contributed by atoms with Crippen LogP contribution in [0, 0.1) is 18.8 Å². The molecule has 1 saturated carbocycles. The Morgan fingerprint density at radius 2 is 1.87 bits per heavy atom. The number of fused-ring (bicyclic) bond motifs is 1. The predicted molar refractivity (Wildman–Crippen MR) is 153 cm³/mol. The Morgan fingerprint density at radius 1 is 1.05 bits per heavy atom. The van der Waals surface area contributed by atoms with Crippen LogP contribution in [0.1, 0.15) is 48.4 Å². The van der Waals surface area contributed by atoms with E-state index in [1.165, 1.54) is 0 Å². The second kappa shape index (κ2) is 10.7. The first kappa shape index (κ1) is 24.8. The molecule has 2 aliphatic rings. The zero-order valence-electron chi connectivity index (χ0n) is 21.9. The maximum absolute atomic E-state index is 13.9.